The maximum absolute atomic E-state index is 6.65. The third kappa shape index (κ3) is 8.62. The number of rotatable bonds is 13. The van der Waals surface area contributed by atoms with Gasteiger partial charge < -0.3 is 23.7 Å². The summed E-state index contributed by atoms with van der Waals surface area (Å²) in [6.07, 6.45) is -1.81. The maximum Gasteiger partial charge on any atom is 0.150 e. The first-order chi connectivity index (χ1) is 20.3. The molecule has 4 aromatic carbocycles. The highest BCUT2D eigenvalue weighted by Crippen LogP contribution is 2.33. The van der Waals surface area contributed by atoms with Crippen LogP contribution in [0.25, 0.3) is 0 Å². The summed E-state index contributed by atoms with van der Waals surface area (Å²) in [4.78, 5) is 1.78. The average molecular weight is 616 g/mol. The van der Waals surface area contributed by atoms with E-state index in [1.165, 1.54) is 0 Å². The summed E-state index contributed by atoms with van der Waals surface area (Å²) < 4.78 is 32.5. The second-order valence-corrected chi connectivity index (χ2v) is 10.4. The van der Waals surface area contributed by atoms with E-state index < -0.39 is 24.4 Å². The van der Waals surface area contributed by atoms with E-state index in [1.54, 1.807) is 4.99 Å². The fraction of sp³-hybridized carbons (Fsp3) is 0.257. The molecule has 0 spiro atoms. The van der Waals surface area contributed by atoms with Gasteiger partial charge in [-0.15, -0.1) is 0 Å². The molecule has 1 aliphatic rings. The highest BCUT2D eigenvalue weighted by molar-refractivity contribution is 9.11. The lowest BCUT2D eigenvalue weighted by atomic mass is 9.97. The molecule has 5 nitrogen and oxygen atoms in total. The highest BCUT2D eigenvalue weighted by Gasteiger charge is 2.46. The van der Waals surface area contributed by atoms with Crippen LogP contribution < -0.4 is 0 Å². The van der Waals surface area contributed by atoms with E-state index in [4.69, 9.17) is 23.7 Å². The van der Waals surface area contributed by atoms with Crippen LogP contribution in [0.5, 0.6) is 0 Å². The van der Waals surface area contributed by atoms with Gasteiger partial charge in [-0.3, -0.25) is 0 Å². The first-order valence-electron chi connectivity index (χ1n) is 13.9. The van der Waals surface area contributed by atoms with Crippen LogP contribution in [0.4, 0.5) is 0 Å². The van der Waals surface area contributed by atoms with Crippen LogP contribution in [0.1, 0.15) is 22.3 Å². The molecule has 0 aromatic heterocycles. The number of hydrogen-bond acceptors (Lipinski definition) is 5. The average Bonchev–Trinajstić information content (AvgIpc) is 3.04. The van der Waals surface area contributed by atoms with Gasteiger partial charge in [-0.25, -0.2) is 0 Å². The summed E-state index contributed by atoms with van der Waals surface area (Å²) in [5.41, 5.74) is 4.31. The zero-order chi connectivity index (χ0) is 28.1. The molecule has 1 heterocycles. The summed E-state index contributed by atoms with van der Waals surface area (Å²) in [5.74, 6) is 0.645. The third-order valence-electron chi connectivity index (χ3n) is 6.90. The maximum atomic E-state index is 6.65. The van der Waals surface area contributed by atoms with Crippen molar-refractivity contribution in [3.8, 4) is 0 Å². The minimum Gasteiger partial charge on any atom is -0.486 e. The normalized spacial score (nSPS) is 21.4. The second-order valence-electron chi connectivity index (χ2n) is 9.91. The van der Waals surface area contributed by atoms with Crippen molar-refractivity contribution < 1.29 is 23.7 Å². The molecule has 41 heavy (non-hydrogen) atoms. The molecule has 1 aliphatic heterocycles. The Morgan fingerprint density at radius 2 is 0.951 bits per heavy atom. The lowest BCUT2D eigenvalue weighted by molar-refractivity contribution is -0.223. The monoisotopic (exact) mass is 614 g/mol. The third-order valence-corrected chi connectivity index (χ3v) is 7.35. The Kier molecular flexibility index (Phi) is 11.2. The van der Waals surface area contributed by atoms with Crippen molar-refractivity contribution in [2.45, 2.75) is 50.8 Å². The van der Waals surface area contributed by atoms with Crippen molar-refractivity contribution in [2.24, 2.45) is 0 Å². The minimum atomic E-state index is -0.496. The van der Waals surface area contributed by atoms with E-state index in [-0.39, 0.29) is 0 Å². The fourth-order valence-corrected chi connectivity index (χ4v) is 5.16. The van der Waals surface area contributed by atoms with Gasteiger partial charge in [0.15, 0.2) is 6.10 Å². The Labute approximate surface area is 250 Å². The lowest BCUT2D eigenvalue weighted by Gasteiger charge is -2.43. The van der Waals surface area contributed by atoms with Gasteiger partial charge in [0, 0.05) is 4.99 Å². The van der Waals surface area contributed by atoms with Crippen molar-refractivity contribution in [3.63, 3.8) is 0 Å². The van der Waals surface area contributed by atoms with Crippen LogP contribution in [0.15, 0.2) is 132 Å². The minimum absolute atomic E-state index is 0.329. The summed E-state index contributed by atoms with van der Waals surface area (Å²) >= 11 is 3.52. The fourth-order valence-electron chi connectivity index (χ4n) is 4.79. The zero-order valence-electron chi connectivity index (χ0n) is 22.9. The number of hydrogen-bond donors (Lipinski definition) is 0. The van der Waals surface area contributed by atoms with Crippen molar-refractivity contribution in [2.75, 3.05) is 6.61 Å². The Hall–Kier alpha value is -3.26. The van der Waals surface area contributed by atoms with Crippen LogP contribution in [-0.4, -0.2) is 31.0 Å². The molecule has 0 amide bonds. The van der Waals surface area contributed by atoms with Gasteiger partial charge in [-0.05, 0) is 22.3 Å². The molecular weight excluding hydrogens is 580 g/mol. The van der Waals surface area contributed by atoms with E-state index in [1.807, 2.05) is 97.1 Å². The molecule has 0 bridgehead atoms. The van der Waals surface area contributed by atoms with Crippen LogP contribution in [0.3, 0.4) is 0 Å². The number of halogens is 1. The van der Waals surface area contributed by atoms with Crippen molar-refractivity contribution in [3.05, 3.63) is 154 Å². The zero-order valence-corrected chi connectivity index (χ0v) is 24.5. The Balaban J connectivity index is 1.39. The Morgan fingerprint density at radius 3 is 1.41 bits per heavy atom. The van der Waals surface area contributed by atoms with Crippen LogP contribution in [0, 0.1) is 0 Å². The van der Waals surface area contributed by atoms with Crippen LogP contribution in [-0.2, 0) is 50.1 Å². The molecule has 0 radical (unpaired) electrons. The van der Waals surface area contributed by atoms with E-state index in [0.717, 1.165) is 22.3 Å². The lowest BCUT2D eigenvalue weighted by Crippen LogP contribution is -2.56. The predicted octanol–water partition coefficient (Wildman–Crippen LogP) is 7.59. The standard InChI is InChI=1S/C35H35BrO5/c36-21-31-33(38-23-28-15-7-2-8-16-28)35(40-25-30-19-11-4-12-20-30)34(39-24-29-17-9-3-10-18-29)32(41-31)26-37-22-27-13-5-1-6-14-27/h1-21,32-35H,22-26H2/b31-21-/t32-,33+,34-,35-/m1/s1. The molecule has 4 aromatic rings. The molecule has 6 heteroatoms. The van der Waals surface area contributed by atoms with E-state index in [9.17, 15) is 0 Å². The predicted molar refractivity (Wildman–Crippen MR) is 163 cm³/mol. The smallest absolute Gasteiger partial charge is 0.150 e. The summed E-state index contributed by atoms with van der Waals surface area (Å²) in [6.45, 7) is 2.03. The topological polar surface area (TPSA) is 46.2 Å². The molecule has 212 valence electrons. The van der Waals surface area contributed by atoms with Gasteiger partial charge in [0.1, 0.15) is 24.1 Å². The first kappa shape index (κ1) is 29.2. The second kappa shape index (κ2) is 15.7. The molecule has 0 N–H and O–H groups in total. The Bertz CT molecular complexity index is 1320. The van der Waals surface area contributed by atoms with Crippen LogP contribution in [0.2, 0.25) is 0 Å². The summed E-state index contributed by atoms with van der Waals surface area (Å²) in [6, 6.07) is 40.5. The van der Waals surface area contributed by atoms with Crippen LogP contribution >= 0.6 is 15.9 Å². The molecule has 5 rings (SSSR count). The van der Waals surface area contributed by atoms with E-state index in [2.05, 4.69) is 40.2 Å². The van der Waals surface area contributed by atoms with Gasteiger partial charge in [0.25, 0.3) is 0 Å². The molecule has 1 saturated heterocycles. The largest absolute Gasteiger partial charge is 0.486 e. The molecule has 0 saturated carbocycles. The summed E-state index contributed by atoms with van der Waals surface area (Å²) in [7, 11) is 0. The van der Waals surface area contributed by atoms with Gasteiger partial charge in [-0.1, -0.05) is 137 Å². The van der Waals surface area contributed by atoms with Crippen molar-refractivity contribution in [1.82, 2.24) is 0 Å². The van der Waals surface area contributed by atoms with Gasteiger partial charge in [-0.2, -0.15) is 0 Å². The van der Waals surface area contributed by atoms with Gasteiger partial charge in [0.05, 0.1) is 33.0 Å². The SMILES string of the molecule is Br/C=C1\O[C@H](COCc2ccccc2)[C@@H](OCc2ccccc2)[C@H](OCc2ccccc2)[C@H]1OCc1ccccc1. The highest BCUT2D eigenvalue weighted by atomic mass is 79.9. The van der Waals surface area contributed by atoms with E-state index in [0.29, 0.717) is 38.8 Å². The first-order valence-corrected chi connectivity index (χ1v) is 14.8. The molecule has 1 fully saturated rings. The van der Waals surface area contributed by atoms with Gasteiger partial charge >= 0.3 is 0 Å². The van der Waals surface area contributed by atoms with Crippen molar-refractivity contribution >= 4 is 15.9 Å². The summed E-state index contributed by atoms with van der Waals surface area (Å²) in [5, 5.41) is 0. The quantitative estimate of drug-likeness (QED) is 0.155. The Morgan fingerprint density at radius 1 is 0.537 bits per heavy atom. The molecular formula is C35H35BrO5. The van der Waals surface area contributed by atoms with Gasteiger partial charge in [0.2, 0.25) is 0 Å². The molecule has 4 atom stereocenters. The van der Waals surface area contributed by atoms with Crippen molar-refractivity contribution in [1.29, 1.82) is 0 Å². The molecule has 0 unspecified atom stereocenters. The number of ether oxygens (including phenoxy) is 5. The number of benzene rings is 4. The van der Waals surface area contributed by atoms with E-state index >= 15 is 0 Å². The molecule has 0 aliphatic carbocycles.